The highest BCUT2D eigenvalue weighted by atomic mass is 16.5. The van der Waals surface area contributed by atoms with Gasteiger partial charge in [0.25, 0.3) is 0 Å². The maximum atomic E-state index is 9.32. The van der Waals surface area contributed by atoms with Crippen molar-refractivity contribution in [2.45, 2.75) is 26.9 Å². The monoisotopic (exact) mass is 381 g/mol. The molecule has 0 aliphatic heterocycles. The van der Waals surface area contributed by atoms with Crippen LogP contribution in [0.15, 0.2) is 60.8 Å². The van der Waals surface area contributed by atoms with Crippen molar-refractivity contribution >= 4 is 22.3 Å². The summed E-state index contributed by atoms with van der Waals surface area (Å²) < 4.78 is 5.22. The van der Waals surface area contributed by atoms with Gasteiger partial charge in [-0.2, -0.15) is 0 Å². The van der Waals surface area contributed by atoms with Gasteiger partial charge < -0.3 is 20.5 Å². The van der Waals surface area contributed by atoms with Gasteiger partial charge in [-0.05, 0) is 42.8 Å². The fourth-order valence-corrected chi connectivity index (χ4v) is 2.54. The second-order valence-corrected chi connectivity index (χ2v) is 7.67. The predicted octanol–water partition coefficient (Wildman–Crippen LogP) is 4.60. The molecule has 0 radical (unpaired) electrons. The molecule has 3 rings (SSSR count). The molecule has 150 valence electrons. The van der Waals surface area contributed by atoms with Gasteiger partial charge in [0.1, 0.15) is 5.75 Å². The first-order valence-corrected chi connectivity index (χ1v) is 9.42. The fourth-order valence-electron chi connectivity index (χ4n) is 2.54. The van der Waals surface area contributed by atoms with Crippen molar-refractivity contribution in [3.8, 4) is 5.75 Å². The molecule has 0 saturated carbocycles. The Morgan fingerprint density at radius 2 is 1.79 bits per heavy atom. The van der Waals surface area contributed by atoms with Crippen LogP contribution in [0.3, 0.4) is 0 Å². The molecule has 1 heterocycles. The SMILES string of the molecule is CNCC(O)C(C)(C)C.COc1ccc2c(Nc3ccccc3)ccnc2c1. The number of anilines is 2. The second kappa shape index (κ2) is 10.1. The summed E-state index contributed by atoms with van der Waals surface area (Å²) in [7, 11) is 3.50. The minimum atomic E-state index is -0.248. The van der Waals surface area contributed by atoms with Crippen LogP contribution in [-0.4, -0.2) is 36.9 Å². The Hall–Kier alpha value is -2.63. The van der Waals surface area contributed by atoms with Gasteiger partial charge in [0.2, 0.25) is 0 Å². The molecule has 0 fully saturated rings. The van der Waals surface area contributed by atoms with Gasteiger partial charge in [0.05, 0.1) is 18.7 Å². The Bertz CT molecular complexity index is 861. The zero-order valence-electron chi connectivity index (χ0n) is 17.4. The van der Waals surface area contributed by atoms with Crippen LogP contribution in [0.4, 0.5) is 11.4 Å². The number of ether oxygens (including phenoxy) is 1. The molecule has 1 unspecified atom stereocenters. The zero-order valence-corrected chi connectivity index (χ0v) is 17.4. The number of hydrogen-bond donors (Lipinski definition) is 3. The number of methoxy groups -OCH3 is 1. The van der Waals surface area contributed by atoms with E-state index in [0.717, 1.165) is 28.0 Å². The molecule has 1 atom stereocenters. The van der Waals surface area contributed by atoms with E-state index in [0.29, 0.717) is 6.54 Å². The van der Waals surface area contributed by atoms with Gasteiger partial charge in [-0.3, -0.25) is 4.98 Å². The third kappa shape index (κ3) is 6.22. The Morgan fingerprint density at radius 1 is 1.07 bits per heavy atom. The summed E-state index contributed by atoms with van der Waals surface area (Å²) in [6.45, 7) is 6.74. The number of benzene rings is 2. The van der Waals surface area contributed by atoms with E-state index in [2.05, 4.69) is 15.6 Å². The van der Waals surface area contributed by atoms with Crippen molar-refractivity contribution in [3.63, 3.8) is 0 Å². The van der Waals surface area contributed by atoms with Crippen molar-refractivity contribution in [2.75, 3.05) is 26.0 Å². The van der Waals surface area contributed by atoms with Crippen molar-refractivity contribution < 1.29 is 9.84 Å². The van der Waals surface area contributed by atoms with Crippen LogP contribution < -0.4 is 15.4 Å². The highest BCUT2D eigenvalue weighted by Crippen LogP contribution is 2.27. The standard InChI is InChI=1S/C16H14N2O.C7H17NO/c1-19-13-7-8-14-15(9-10-17-16(14)11-13)18-12-5-3-2-4-6-12;1-7(2,3)6(9)5-8-4/h2-11H,1H3,(H,17,18);6,8-9H,5H2,1-4H3. The van der Waals surface area contributed by atoms with Crippen molar-refractivity contribution in [1.82, 2.24) is 10.3 Å². The highest BCUT2D eigenvalue weighted by Gasteiger charge is 2.20. The minimum absolute atomic E-state index is 0.00299. The summed E-state index contributed by atoms with van der Waals surface area (Å²) in [6, 6.07) is 18.0. The van der Waals surface area contributed by atoms with E-state index in [1.54, 1.807) is 13.3 Å². The molecule has 3 aromatic rings. The summed E-state index contributed by atoms with van der Waals surface area (Å²) in [5.41, 5.74) is 3.02. The number of aliphatic hydroxyl groups is 1. The minimum Gasteiger partial charge on any atom is -0.497 e. The summed E-state index contributed by atoms with van der Waals surface area (Å²) in [4.78, 5) is 4.37. The van der Waals surface area contributed by atoms with Gasteiger partial charge in [-0.1, -0.05) is 39.0 Å². The first kappa shape index (κ1) is 21.7. The number of likely N-dealkylation sites (N-methyl/N-ethyl adjacent to an activating group) is 1. The number of rotatable bonds is 5. The van der Waals surface area contributed by atoms with Crippen LogP contribution >= 0.6 is 0 Å². The van der Waals surface area contributed by atoms with Crippen LogP contribution in [0.25, 0.3) is 10.9 Å². The number of aromatic nitrogens is 1. The molecule has 0 saturated heterocycles. The lowest BCUT2D eigenvalue weighted by Crippen LogP contribution is -2.34. The first-order chi connectivity index (χ1) is 13.3. The molecule has 0 spiro atoms. The Morgan fingerprint density at radius 3 is 2.36 bits per heavy atom. The van der Waals surface area contributed by atoms with Crippen LogP contribution in [0.2, 0.25) is 0 Å². The third-order valence-electron chi connectivity index (χ3n) is 4.40. The van der Waals surface area contributed by atoms with Crippen LogP contribution in [0, 0.1) is 5.41 Å². The zero-order chi connectivity index (χ0) is 20.6. The molecule has 0 aliphatic carbocycles. The number of pyridine rings is 1. The molecule has 0 aliphatic rings. The molecular weight excluding hydrogens is 350 g/mol. The Balaban J connectivity index is 0.000000266. The fraction of sp³-hybridized carbons (Fsp3) is 0.348. The van der Waals surface area contributed by atoms with E-state index in [-0.39, 0.29) is 11.5 Å². The average molecular weight is 382 g/mol. The van der Waals surface area contributed by atoms with Gasteiger partial charge in [-0.15, -0.1) is 0 Å². The highest BCUT2D eigenvalue weighted by molar-refractivity contribution is 5.93. The van der Waals surface area contributed by atoms with Crippen molar-refractivity contribution in [2.24, 2.45) is 5.41 Å². The first-order valence-electron chi connectivity index (χ1n) is 9.42. The number of nitrogens with zero attached hydrogens (tertiary/aromatic N) is 1. The maximum absolute atomic E-state index is 9.32. The van der Waals surface area contributed by atoms with Crippen LogP contribution in [-0.2, 0) is 0 Å². The lowest BCUT2D eigenvalue weighted by atomic mass is 9.89. The third-order valence-corrected chi connectivity index (χ3v) is 4.40. The van der Waals surface area contributed by atoms with Crippen molar-refractivity contribution in [1.29, 1.82) is 0 Å². The summed E-state index contributed by atoms with van der Waals surface area (Å²) >= 11 is 0. The van der Waals surface area contributed by atoms with E-state index in [1.165, 1.54) is 0 Å². The van der Waals surface area contributed by atoms with Crippen molar-refractivity contribution in [3.05, 3.63) is 60.8 Å². The number of fused-ring (bicyclic) bond motifs is 1. The average Bonchev–Trinajstić information content (AvgIpc) is 2.68. The van der Waals surface area contributed by atoms with E-state index >= 15 is 0 Å². The Kier molecular flexibility index (Phi) is 7.79. The lowest BCUT2D eigenvalue weighted by molar-refractivity contribution is 0.0648. The molecule has 2 aromatic carbocycles. The molecule has 0 amide bonds. The number of hydrogen-bond acceptors (Lipinski definition) is 5. The maximum Gasteiger partial charge on any atom is 0.121 e. The van der Waals surface area contributed by atoms with E-state index in [4.69, 9.17) is 4.74 Å². The predicted molar refractivity (Wildman–Crippen MR) is 117 cm³/mol. The Labute approximate surface area is 167 Å². The van der Waals surface area contributed by atoms with Gasteiger partial charge in [0.15, 0.2) is 0 Å². The van der Waals surface area contributed by atoms with E-state index in [1.807, 2.05) is 82.4 Å². The molecule has 28 heavy (non-hydrogen) atoms. The number of aliphatic hydroxyl groups excluding tert-OH is 1. The second-order valence-electron chi connectivity index (χ2n) is 7.67. The normalized spacial score (nSPS) is 12.1. The quantitative estimate of drug-likeness (QED) is 0.603. The number of para-hydroxylation sites is 1. The summed E-state index contributed by atoms with van der Waals surface area (Å²) in [5.74, 6) is 0.817. The summed E-state index contributed by atoms with van der Waals surface area (Å²) in [6.07, 6.45) is 1.55. The van der Waals surface area contributed by atoms with E-state index < -0.39 is 0 Å². The molecule has 3 N–H and O–H groups in total. The topological polar surface area (TPSA) is 66.4 Å². The van der Waals surface area contributed by atoms with Crippen LogP contribution in [0.5, 0.6) is 5.75 Å². The molecule has 5 nitrogen and oxygen atoms in total. The molecular formula is C23H31N3O2. The molecule has 5 heteroatoms. The molecule has 0 bridgehead atoms. The smallest absolute Gasteiger partial charge is 0.121 e. The largest absolute Gasteiger partial charge is 0.497 e. The van der Waals surface area contributed by atoms with Gasteiger partial charge in [-0.25, -0.2) is 0 Å². The number of nitrogens with one attached hydrogen (secondary N) is 2. The van der Waals surface area contributed by atoms with E-state index in [9.17, 15) is 5.11 Å². The summed E-state index contributed by atoms with van der Waals surface area (Å²) in [5, 5.41) is 16.7. The van der Waals surface area contributed by atoms with Gasteiger partial charge >= 0.3 is 0 Å². The van der Waals surface area contributed by atoms with Crippen LogP contribution in [0.1, 0.15) is 20.8 Å². The lowest BCUT2D eigenvalue weighted by Gasteiger charge is -2.25. The van der Waals surface area contributed by atoms with Gasteiger partial charge in [0, 0.05) is 35.6 Å². The molecule has 1 aromatic heterocycles.